The summed E-state index contributed by atoms with van der Waals surface area (Å²) in [6, 6.07) is 2.73. The molecule has 15 heavy (non-hydrogen) atoms. The van der Waals surface area contributed by atoms with Crippen LogP contribution >= 0.6 is 0 Å². The maximum atomic E-state index is 13.2. The Hall–Kier alpha value is -2.11. The van der Waals surface area contributed by atoms with Crippen molar-refractivity contribution in [2.24, 2.45) is 0 Å². The van der Waals surface area contributed by atoms with Crippen molar-refractivity contribution in [2.45, 2.75) is 0 Å². The predicted octanol–water partition coefficient (Wildman–Crippen LogP) is 1.31. The Bertz CT molecular complexity index is 496. The molecule has 0 radical (unpaired) electrons. The molecule has 1 aromatic carbocycles. The van der Waals surface area contributed by atoms with E-state index in [2.05, 4.69) is 15.4 Å². The van der Waals surface area contributed by atoms with Crippen molar-refractivity contribution in [2.75, 3.05) is 0 Å². The first-order valence-electron chi connectivity index (χ1n) is 4.04. The zero-order chi connectivity index (χ0) is 10.8. The Balaban J connectivity index is 2.42. The van der Waals surface area contributed by atoms with Gasteiger partial charge in [-0.2, -0.15) is 15.4 Å². The fourth-order valence-corrected chi connectivity index (χ4v) is 1.12. The van der Waals surface area contributed by atoms with Crippen molar-refractivity contribution in [3.8, 4) is 0 Å². The summed E-state index contributed by atoms with van der Waals surface area (Å²) in [7, 11) is 0. The van der Waals surface area contributed by atoms with Gasteiger partial charge in [0.1, 0.15) is 11.6 Å². The number of benzene rings is 1. The molecule has 0 fully saturated rings. The van der Waals surface area contributed by atoms with E-state index < -0.39 is 17.4 Å². The summed E-state index contributed by atoms with van der Waals surface area (Å²) in [5.41, 5.74) is -0.245. The van der Waals surface area contributed by atoms with Crippen LogP contribution in [0.3, 0.4) is 0 Å². The highest BCUT2D eigenvalue weighted by Crippen LogP contribution is 2.12. The van der Waals surface area contributed by atoms with Crippen molar-refractivity contribution in [3.63, 3.8) is 0 Å². The number of H-pyrrole nitrogens is 1. The molecule has 4 nitrogen and oxygen atoms in total. The van der Waals surface area contributed by atoms with Crippen molar-refractivity contribution in [3.05, 3.63) is 47.3 Å². The first kappa shape index (κ1) is 9.45. The van der Waals surface area contributed by atoms with E-state index in [0.717, 1.165) is 12.1 Å². The molecule has 1 N–H and O–H groups in total. The monoisotopic (exact) mass is 209 g/mol. The molecule has 0 spiro atoms. The van der Waals surface area contributed by atoms with Gasteiger partial charge in [-0.1, -0.05) is 0 Å². The minimum Gasteiger partial charge on any atom is -0.287 e. The van der Waals surface area contributed by atoms with Crippen LogP contribution in [0.15, 0.2) is 24.4 Å². The largest absolute Gasteiger partial charge is 0.287 e. The summed E-state index contributed by atoms with van der Waals surface area (Å²) in [5.74, 6) is -2.28. The predicted molar refractivity (Wildman–Crippen MR) is 46.2 cm³/mol. The molecular formula is C9H5F2N3O. The van der Waals surface area contributed by atoms with E-state index in [4.69, 9.17) is 0 Å². The maximum absolute atomic E-state index is 13.2. The van der Waals surface area contributed by atoms with Crippen molar-refractivity contribution < 1.29 is 13.6 Å². The summed E-state index contributed by atoms with van der Waals surface area (Å²) in [4.78, 5) is 11.6. The summed E-state index contributed by atoms with van der Waals surface area (Å²) in [6.07, 6.45) is 1.17. The summed E-state index contributed by atoms with van der Waals surface area (Å²) in [6.45, 7) is 0. The highest BCUT2D eigenvalue weighted by molar-refractivity contribution is 6.07. The van der Waals surface area contributed by atoms with E-state index in [1.54, 1.807) is 0 Å². The second-order valence-corrected chi connectivity index (χ2v) is 2.81. The minimum absolute atomic E-state index is 0.0134. The molecule has 6 heteroatoms. The van der Waals surface area contributed by atoms with Crippen LogP contribution in [0.2, 0.25) is 0 Å². The lowest BCUT2D eigenvalue weighted by atomic mass is 10.1. The number of carbonyl (C=O) groups is 1. The second kappa shape index (κ2) is 3.56. The van der Waals surface area contributed by atoms with Gasteiger partial charge in [-0.3, -0.25) is 4.79 Å². The number of nitrogens with one attached hydrogen (secondary N) is 1. The highest BCUT2D eigenvalue weighted by atomic mass is 19.1. The molecule has 0 aliphatic carbocycles. The average molecular weight is 209 g/mol. The lowest BCUT2D eigenvalue weighted by Crippen LogP contribution is -2.05. The average Bonchev–Trinajstić information content (AvgIpc) is 2.69. The number of ketones is 1. The van der Waals surface area contributed by atoms with Crippen molar-refractivity contribution in [1.29, 1.82) is 0 Å². The fourth-order valence-electron chi connectivity index (χ4n) is 1.12. The van der Waals surface area contributed by atoms with Gasteiger partial charge in [-0.05, 0) is 12.1 Å². The van der Waals surface area contributed by atoms with Gasteiger partial charge in [0.25, 0.3) is 0 Å². The zero-order valence-corrected chi connectivity index (χ0v) is 7.37. The summed E-state index contributed by atoms with van der Waals surface area (Å²) in [5, 5.41) is 9.17. The van der Waals surface area contributed by atoms with Gasteiger partial charge in [0, 0.05) is 6.07 Å². The van der Waals surface area contributed by atoms with Crippen LogP contribution < -0.4 is 0 Å². The molecule has 1 aromatic heterocycles. The first-order chi connectivity index (χ1) is 7.18. The topological polar surface area (TPSA) is 58.6 Å². The van der Waals surface area contributed by atoms with E-state index in [1.165, 1.54) is 6.20 Å². The van der Waals surface area contributed by atoms with Crippen LogP contribution in [0, 0.1) is 11.6 Å². The fraction of sp³-hybridized carbons (Fsp3) is 0. The molecule has 0 amide bonds. The lowest BCUT2D eigenvalue weighted by molar-refractivity contribution is 0.103. The summed E-state index contributed by atoms with van der Waals surface area (Å²) < 4.78 is 25.7. The first-order valence-corrected chi connectivity index (χ1v) is 4.04. The Kier molecular flexibility index (Phi) is 2.24. The molecule has 0 atom stereocenters. The van der Waals surface area contributed by atoms with Crippen LogP contribution in [-0.2, 0) is 0 Å². The molecule has 2 rings (SSSR count). The molecule has 0 saturated carbocycles. The van der Waals surface area contributed by atoms with Gasteiger partial charge in [-0.25, -0.2) is 8.78 Å². The van der Waals surface area contributed by atoms with E-state index in [1.807, 2.05) is 0 Å². The van der Waals surface area contributed by atoms with E-state index in [0.29, 0.717) is 6.07 Å². The number of hydrogen-bond acceptors (Lipinski definition) is 3. The SMILES string of the molecule is O=C(c1cn[nH]n1)c1ccc(F)cc1F. The number of hydrogen-bond donors (Lipinski definition) is 1. The number of rotatable bonds is 2. The van der Waals surface area contributed by atoms with Crippen LogP contribution in [0.1, 0.15) is 16.1 Å². The smallest absolute Gasteiger partial charge is 0.217 e. The van der Waals surface area contributed by atoms with Crippen molar-refractivity contribution in [1.82, 2.24) is 15.4 Å². The second-order valence-electron chi connectivity index (χ2n) is 2.81. The van der Waals surface area contributed by atoms with Crippen LogP contribution in [0.5, 0.6) is 0 Å². The van der Waals surface area contributed by atoms with Gasteiger partial charge >= 0.3 is 0 Å². The molecule has 0 aliphatic rings. The molecular weight excluding hydrogens is 204 g/mol. The molecule has 76 valence electrons. The third-order valence-corrected chi connectivity index (χ3v) is 1.82. The normalized spacial score (nSPS) is 10.3. The van der Waals surface area contributed by atoms with E-state index >= 15 is 0 Å². The van der Waals surface area contributed by atoms with E-state index in [9.17, 15) is 13.6 Å². The van der Waals surface area contributed by atoms with Gasteiger partial charge in [-0.15, -0.1) is 0 Å². The van der Waals surface area contributed by atoms with E-state index in [-0.39, 0.29) is 11.3 Å². The van der Waals surface area contributed by atoms with Gasteiger partial charge in [0.2, 0.25) is 5.78 Å². The quantitative estimate of drug-likeness (QED) is 0.758. The molecule has 0 saturated heterocycles. The van der Waals surface area contributed by atoms with Crippen LogP contribution in [0.4, 0.5) is 8.78 Å². The molecule has 0 bridgehead atoms. The number of aromatic amines is 1. The maximum Gasteiger partial charge on any atom is 0.217 e. The molecule has 0 unspecified atom stereocenters. The van der Waals surface area contributed by atoms with Gasteiger partial charge in [0.15, 0.2) is 5.69 Å². The Morgan fingerprint density at radius 1 is 1.33 bits per heavy atom. The number of halogens is 2. The highest BCUT2D eigenvalue weighted by Gasteiger charge is 2.16. The zero-order valence-electron chi connectivity index (χ0n) is 7.37. The van der Waals surface area contributed by atoms with Gasteiger partial charge in [0.05, 0.1) is 11.8 Å². The molecule has 2 aromatic rings. The Morgan fingerprint density at radius 2 is 2.13 bits per heavy atom. The lowest BCUT2D eigenvalue weighted by Gasteiger charge is -1.98. The minimum atomic E-state index is -0.914. The molecule has 1 heterocycles. The number of aromatic nitrogens is 3. The standard InChI is InChI=1S/C9H5F2N3O/c10-5-1-2-6(7(11)3-5)9(15)8-4-12-14-13-8/h1-4H,(H,12,13,14). The number of carbonyl (C=O) groups excluding carboxylic acids is 1. The van der Waals surface area contributed by atoms with Crippen LogP contribution in [-0.4, -0.2) is 21.2 Å². The Morgan fingerprint density at radius 3 is 2.73 bits per heavy atom. The summed E-state index contributed by atoms with van der Waals surface area (Å²) >= 11 is 0. The van der Waals surface area contributed by atoms with Gasteiger partial charge < -0.3 is 0 Å². The molecule has 0 aliphatic heterocycles. The third-order valence-electron chi connectivity index (χ3n) is 1.82. The van der Waals surface area contributed by atoms with Crippen LogP contribution in [0.25, 0.3) is 0 Å². The third kappa shape index (κ3) is 1.74. The Labute approximate surface area is 82.9 Å². The van der Waals surface area contributed by atoms with Crippen molar-refractivity contribution >= 4 is 5.78 Å². The number of nitrogens with zero attached hydrogens (tertiary/aromatic N) is 2.